The predicted molar refractivity (Wildman–Crippen MR) is 114 cm³/mol. The van der Waals surface area contributed by atoms with Gasteiger partial charge in [-0.15, -0.1) is 0 Å². The number of halogens is 1. The zero-order valence-corrected chi connectivity index (χ0v) is 17.3. The number of amides is 1. The largest absolute Gasteiger partial charge is 0.497 e. The lowest BCUT2D eigenvalue weighted by Crippen LogP contribution is -2.40. The van der Waals surface area contributed by atoms with E-state index in [1.54, 1.807) is 7.11 Å². The van der Waals surface area contributed by atoms with Gasteiger partial charge in [0.1, 0.15) is 5.75 Å². The molecular weight excluding hydrogens is 372 g/mol. The summed E-state index contributed by atoms with van der Waals surface area (Å²) in [6.45, 7) is 2.77. The number of rotatable bonds is 8. The Morgan fingerprint density at radius 3 is 2.50 bits per heavy atom. The molecule has 150 valence electrons. The number of methoxy groups -OCH3 is 1. The minimum absolute atomic E-state index is 0.0652. The molecule has 0 radical (unpaired) electrons. The molecule has 1 heterocycles. The van der Waals surface area contributed by atoms with Crippen LogP contribution in [0.1, 0.15) is 42.9 Å². The second-order valence-corrected chi connectivity index (χ2v) is 7.69. The lowest BCUT2D eigenvalue weighted by Gasteiger charge is -2.35. The number of piperidine rings is 1. The molecule has 0 bridgehead atoms. The van der Waals surface area contributed by atoms with Crippen LogP contribution < -0.4 is 10.1 Å². The van der Waals surface area contributed by atoms with Crippen molar-refractivity contribution >= 4 is 17.5 Å². The van der Waals surface area contributed by atoms with E-state index < -0.39 is 0 Å². The molecule has 1 saturated heterocycles. The number of likely N-dealkylation sites (tertiary alicyclic amines) is 1. The van der Waals surface area contributed by atoms with Gasteiger partial charge in [-0.05, 0) is 61.7 Å². The van der Waals surface area contributed by atoms with E-state index in [0.29, 0.717) is 19.4 Å². The summed E-state index contributed by atoms with van der Waals surface area (Å²) >= 11 is 6.19. The number of hydrogen-bond acceptors (Lipinski definition) is 3. The molecular formula is C23H29ClN2O2. The molecule has 1 atom stereocenters. The zero-order valence-electron chi connectivity index (χ0n) is 16.5. The maximum Gasteiger partial charge on any atom is 0.220 e. The maximum absolute atomic E-state index is 12.5. The number of ether oxygens (including phenoxy) is 1. The lowest BCUT2D eigenvalue weighted by molar-refractivity contribution is -0.121. The fourth-order valence-corrected chi connectivity index (χ4v) is 3.99. The summed E-state index contributed by atoms with van der Waals surface area (Å²) in [5.41, 5.74) is 2.23. The number of carbonyl (C=O) groups is 1. The Balaban J connectivity index is 1.60. The second-order valence-electron chi connectivity index (χ2n) is 7.28. The average molecular weight is 401 g/mol. The molecule has 5 heteroatoms. The summed E-state index contributed by atoms with van der Waals surface area (Å²) in [6.07, 6.45) is 4.82. The Bertz CT molecular complexity index is 757. The molecule has 3 rings (SSSR count). The van der Waals surface area contributed by atoms with E-state index in [2.05, 4.69) is 22.3 Å². The monoisotopic (exact) mass is 400 g/mol. The van der Waals surface area contributed by atoms with Gasteiger partial charge in [-0.3, -0.25) is 9.69 Å². The second kappa shape index (κ2) is 10.5. The van der Waals surface area contributed by atoms with Crippen molar-refractivity contribution in [2.75, 3.05) is 26.7 Å². The van der Waals surface area contributed by atoms with Gasteiger partial charge in [-0.2, -0.15) is 0 Å². The van der Waals surface area contributed by atoms with Crippen LogP contribution in [0.3, 0.4) is 0 Å². The first kappa shape index (κ1) is 20.7. The molecule has 2 aromatic carbocycles. The minimum atomic E-state index is 0.0652. The van der Waals surface area contributed by atoms with E-state index in [0.717, 1.165) is 29.4 Å². The quantitative estimate of drug-likeness (QED) is 0.702. The van der Waals surface area contributed by atoms with Crippen LogP contribution in [0.15, 0.2) is 48.5 Å². The Morgan fingerprint density at radius 2 is 1.82 bits per heavy atom. The molecule has 1 unspecified atom stereocenters. The maximum atomic E-state index is 12.5. The Hall–Kier alpha value is -2.04. The van der Waals surface area contributed by atoms with Crippen LogP contribution in [0.2, 0.25) is 5.02 Å². The Labute approximate surface area is 172 Å². The van der Waals surface area contributed by atoms with Crippen molar-refractivity contribution in [2.24, 2.45) is 0 Å². The third-order valence-electron chi connectivity index (χ3n) is 5.40. The third-order valence-corrected chi connectivity index (χ3v) is 5.77. The molecule has 0 aliphatic carbocycles. The molecule has 28 heavy (non-hydrogen) atoms. The first-order chi connectivity index (χ1) is 13.7. The van der Waals surface area contributed by atoms with Crippen LogP contribution in [0.4, 0.5) is 0 Å². The van der Waals surface area contributed by atoms with E-state index in [4.69, 9.17) is 16.3 Å². The van der Waals surface area contributed by atoms with E-state index in [1.807, 2.05) is 36.4 Å². The van der Waals surface area contributed by atoms with Crippen LogP contribution >= 0.6 is 11.6 Å². The molecule has 1 N–H and O–H groups in total. The van der Waals surface area contributed by atoms with Crippen molar-refractivity contribution in [1.29, 1.82) is 0 Å². The van der Waals surface area contributed by atoms with Crippen molar-refractivity contribution in [1.82, 2.24) is 10.2 Å². The fraction of sp³-hybridized carbons (Fsp3) is 0.435. The zero-order chi connectivity index (χ0) is 19.8. The van der Waals surface area contributed by atoms with Gasteiger partial charge in [0, 0.05) is 18.0 Å². The molecule has 0 saturated carbocycles. The van der Waals surface area contributed by atoms with Gasteiger partial charge in [0.2, 0.25) is 5.91 Å². The minimum Gasteiger partial charge on any atom is -0.497 e. The van der Waals surface area contributed by atoms with Gasteiger partial charge in [0.15, 0.2) is 0 Å². The molecule has 1 aliphatic heterocycles. The van der Waals surface area contributed by atoms with Crippen molar-refractivity contribution in [3.63, 3.8) is 0 Å². The predicted octanol–water partition coefficient (Wildman–Crippen LogP) is 4.62. The van der Waals surface area contributed by atoms with Crippen molar-refractivity contribution in [2.45, 2.75) is 38.1 Å². The van der Waals surface area contributed by atoms with Crippen LogP contribution in [0, 0.1) is 0 Å². The highest BCUT2D eigenvalue weighted by Crippen LogP contribution is 2.26. The van der Waals surface area contributed by atoms with E-state index in [-0.39, 0.29) is 11.9 Å². The summed E-state index contributed by atoms with van der Waals surface area (Å²) in [5.74, 6) is 0.917. The van der Waals surface area contributed by atoms with Crippen LogP contribution in [-0.2, 0) is 11.2 Å². The molecule has 1 amide bonds. The number of aryl methyl sites for hydroxylation is 1. The summed E-state index contributed by atoms with van der Waals surface area (Å²) in [6, 6.07) is 16.1. The van der Waals surface area contributed by atoms with Crippen molar-refractivity contribution in [3.05, 3.63) is 64.7 Å². The summed E-state index contributed by atoms with van der Waals surface area (Å²) in [5, 5.41) is 3.86. The fourth-order valence-electron chi connectivity index (χ4n) is 3.76. The number of carbonyl (C=O) groups excluding carboxylic acids is 1. The lowest BCUT2D eigenvalue weighted by atomic mass is 10.0. The average Bonchev–Trinajstić information content (AvgIpc) is 2.74. The van der Waals surface area contributed by atoms with Crippen LogP contribution in [-0.4, -0.2) is 37.6 Å². The topological polar surface area (TPSA) is 41.6 Å². The standard InChI is InChI=1S/C23H29ClN2O2/c1-28-20-12-9-19(10-13-20)22(26-15-5-2-6-16-26)17-25-23(27)14-11-18-7-3-4-8-21(18)24/h3-4,7-10,12-13,22H,2,5-6,11,14-17H2,1H3,(H,25,27). The molecule has 0 aromatic heterocycles. The van der Waals surface area contributed by atoms with Crippen LogP contribution in [0.25, 0.3) is 0 Å². The molecule has 0 spiro atoms. The van der Waals surface area contributed by atoms with Crippen molar-refractivity contribution in [3.8, 4) is 5.75 Å². The summed E-state index contributed by atoms with van der Waals surface area (Å²) < 4.78 is 5.28. The van der Waals surface area contributed by atoms with E-state index in [1.165, 1.54) is 24.8 Å². The number of benzene rings is 2. The molecule has 1 aliphatic rings. The van der Waals surface area contributed by atoms with Crippen molar-refractivity contribution < 1.29 is 9.53 Å². The highest BCUT2D eigenvalue weighted by molar-refractivity contribution is 6.31. The van der Waals surface area contributed by atoms with Gasteiger partial charge in [0.05, 0.1) is 13.2 Å². The first-order valence-electron chi connectivity index (χ1n) is 10.1. The normalized spacial score (nSPS) is 15.8. The Morgan fingerprint density at radius 1 is 1.11 bits per heavy atom. The van der Waals surface area contributed by atoms with Gasteiger partial charge in [-0.25, -0.2) is 0 Å². The van der Waals surface area contributed by atoms with Gasteiger partial charge < -0.3 is 10.1 Å². The van der Waals surface area contributed by atoms with E-state index in [9.17, 15) is 4.79 Å². The van der Waals surface area contributed by atoms with Gasteiger partial charge >= 0.3 is 0 Å². The highest BCUT2D eigenvalue weighted by atomic mass is 35.5. The number of nitrogens with zero attached hydrogens (tertiary/aromatic N) is 1. The molecule has 2 aromatic rings. The first-order valence-corrected chi connectivity index (χ1v) is 10.4. The SMILES string of the molecule is COc1ccc(C(CNC(=O)CCc2ccccc2Cl)N2CCCCC2)cc1. The number of hydrogen-bond donors (Lipinski definition) is 1. The summed E-state index contributed by atoms with van der Waals surface area (Å²) in [4.78, 5) is 14.9. The van der Waals surface area contributed by atoms with Gasteiger partial charge in [-0.1, -0.05) is 48.4 Å². The number of nitrogens with one attached hydrogen (secondary N) is 1. The summed E-state index contributed by atoms with van der Waals surface area (Å²) in [7, 11) is 1.68. The third kappa shape index (κ3) is 5.73. The molecule has 4 nitrogen and oxygen atoms in total. The molecule has 1 fully saturated rings. The Kier molecular flexibility index (Phi) is 7.75. The highest BCUT2D eigenvalue weighted by Gasteiger charge is 2.23. The van der Waals surface area contributed by atoms with Gasteiger partial charge in [0.25, 0.3) is 0 Å². The smallest absolute Gasteiger partial charge is 0.220 e. The van der Waals surface area contributed by atoms with E-state index >= 15 is 0 Å². The van der Waals surface area contributed by atoms with Crippen LogP contribution in [0.5, 0.6) is 5.75 Å².